The van der Waals surface area contributed by atoms with E-state index in [1.165, 1.54) is 6.20 Å². The summed E-state index contributed by atoms with van der Waals surface area (Å²) in [7, 11) is 0. The number of carbonyl (C=O) groups is 1. The number of pyridine rings is 1. The van der Waals surface area contributed by atoms with Gasteiger partial charge >= 0.3 is 0 Å². The number of nitrogens with zero attached hydrogens (tertiary/aromatic N) is 4. The maximum absolute atomic E-state index is 12.0. The van der Waals surface area contributed by atoms with E-state index in [2.05, 4.69) is 9.88 Å². The van der Waals surface area contributed by atoms with Crippen LogP contribution in [0.25, 0.3) is 0 Å². The fraction of sp³-hybridized carbons (Fsp3) is 0.571. The molecule has 2 fully saturated rings. The van der Waals surface area contributed by atoms with E-state index in [0.29, 0.717) is 13.1 Å². The molecule has 0 unspecified atom stereocenters. The summed E-state index contributed by atoms with van der Waals surface area (Å²) < 4.78 is 0. The molecule has 0 bridgehead atoms. The van der Waals surface area contributed by atoms with Gasteiger partial charge in [-0.1, -0.05) is 0 Å². The zero-order chi connectivity index (χ0) is 15.0. The van der Waals surface area contributed by atoms with Gasteiger partial charge in [-0.2, -0.15) is 0 Å². The van der Waals surface area contributed by atoms with Gasteiger partial charge in [-0.15, -0.1) is 0 Å². The number of anilines is 1. The van der Waals surface area contributed by atoms with Crippen molar-refractivity contribution in [3.63, 3.8) is 0 Å². The Morgan fingerprint density at radius 1 is 1.33 bits per heavy atom. The second kappa shape index (κ2) is 5.31. The van der Waals surface area contributed by atoms with Crippen LogP contribution < -0.4 is 4.90 Å². The lowest BCUT2D eigenvalue weighted by molar-refractivity contribution is -0.385. The highest BCUT2D eigenvalue weighted by atomic mass is 16.6. The lowest BCUT2D eigenvalue weighted by Crippen LogP contribution is -2.49. The van der Waals surface area contributed by atoms with E-state index in [1.807, 2.05) is 11.8 Å². The fourth-order valence-electron chi connectivity index (χ4n) is 2.71. The van der Waals surface area contributed by atoms with Crippen LogP contribution in [0.1, 0.15) is 18.4 Å². The van der Waals surface area contributed by atoms with Gasteiger partial charge in [0.1, 0.15) is 12.0 Å². The van der Waals surface area contributed by atoms with Gasteiger partial charge in [0.2, 0.25) is 5.91 Å². The predicted octanol–water partition coefficient (Wildman–Crippen LogP) is 1.36. The molecule has 0 N–H and O–H groups in total. The van der Waals surface area contributed by atoms with Gasteiger partial charge < -0.3 is 9.80 Å². The summed E-state index contributed by atoms with van der Waals surface area (Å²) >= 11 is 0. The average Bonchev–Trinajstić information content (AvgIpc) is 3.31. The van der Waals surface area contributed by atoms with Crippen LogP contribution in [-0.2, 0) is 4.79 Å². The molecule has 1 saturated carbocycles. The van der Waals surface area contributed by atoms with Gasteiger partial charge in [-0.05, 0) is 25.3 Å². The molecule has 1 aromatic heterocycles. The van der Waals surface area contributed by atoms with Crippen molar-refractivity contribution < 1.29 is 9.72 Å². The molecule has 1 aliphatic heterocycles. The predicted molar refractivity (Wildman–Crippen MR) is 77.1 cm³/mol. The van der Waals surface area contributed by atoms with E-state index in [-0.39, 0.29) is 17.5 Å². The summed E-state index contributed by atoms with van der Waals surface area (Å²) in [6.45, 7) is 4.69. The third kappa shape index (κ3) is 2.81. The van der Waals surface area contributed by atoms with Crippen LogP contribution in [0.5, 0.6) is 0 Å². The van der Waals surface area contributed by atoms with Gasteiger partial charge in [0, 0.05) is 38.2 Å². The minimum Gasteiger partial charge on any atom is -0.353 e. The second-order valence-corrected chi connectivity index (χ2v) is 5.68. The van der Waals surface area contributed by atoms with Crippen LogP contribution >= 0.6 is 0 Å². The van der Waals surface area contributed by atoms with Crippen molar-refractivity contribution in [2.24, 2.45) is 5.92 Å². The van der Waals surface area contributed by atoms with E-state index in [9.17, 15) is 14.9 Å². The Hall–Kier alpha value is -2.18. The first-order chi connectivity index (χ1) is 10.1. The smallest absolute Gasteiger partial charge is 0.287 e. The molecule has 2 heterocycles. The van der Waals surface area contributed by atoms with E-state index < -0.39 is 4.92 Å². The van der Waals surface area contributed by atoms with Crippen molar-refractivity contribution in [1.29, 1.82) is 0 Å². The van der Waals surface area contributed by atoms with Crippen molar-refractivity contribution in [2.45, 2.75) is 19.8 Å². The Labute approximate surface area is 122 Å². The number of amides is 1. The zero-order valence-corrected chi connectivity index (χ0v) is 12.0. The highest BCUT2D eigenvalue weighted by molar-refractivity contribution is 5.81. The Morgan fingerprint density at radius 3 is 2.52 bits per heavy atom. The largest absolute Gasteiger partial charge is 0.353 e. The Balaban J connectivity index is 1.66. The monoisotopic (exact) mass is 290 g/mol. The third-order valence-corrected chi connectivity index (χ3v) is 4.06. The topological polar surface area (TPSA) is 79.6 Å². The first-order valence-electron chi connectivity index (χ1n) is 7.21. The zero-order valence-electron chi connectivity index (χ0n) is 12.0. The molecule has 0 aromatic carbocycles. The van der Waals surface area contributed by atoms with Gasteiger partial charge in [-0.3, -0.25) is 14.9 Å². The second-order valence-electron chi connectivity index (χ2n) is 5.68. The van der Waals surface area contributed by atoms with Crippen LogP contribution in [0.2, 0.25) is 0 Å². The van der Waals surface area contributed by atoms with Crippen LogP contribution in [0.15, 0.2) is 12.3 Å². The standard InChI is InChI=1S/C14H18N4O3/c1-10-8-12(18(20)21)9-15-13(10)16-4-6-17(7-5-16)14(19)11-2-3-11/h8-9,11H,2-7H2,1H3. The number of aryl methyl sites for hydroxylation is 1. The molecule has 0 spiro atoms. The maximum Gasteiger partial charge on any atom is 0.287 e. The fourth-order valence-corrected chi connectivity index (χ4v) is 2.71. The molecule has 21 heavy (non-hydrogen) atoms. The highest BCUT2D eigenvalue weighted by Gasteiger charge is 2.34. The van der Waals surface area contributed by atoms with Crippen LogP contribution in [-0.4, -0.2) is 46.9 Å². The number of nitro groups is 1. The molecule has 1 amide bonds. The summed E-state index contributed by atoms with van der Waals surface area (Å²) in [5.74, 6) is 1.32. The molecule has 1 aliphatic carbocycles. The first-order valence-corrected chi connectivity index (χ1v) is 7.21. The molecule has 3 rings (SSSR count). The lowest BCUT2D eigenvalue weighted by Gasteiger charge is -2.36. The van der Waals surface area contributed by atoms with E-state index in [0.717, 1.165) is 37.3 Å². The van der Waals surface area contributed by atoms with Gasteiger partial charge in [0.15, 0.2) is 0 Å². The Kier molecular flexibility index (Phi) is 3.48. The molecular weight excluding hydrogens is 272 g/mol. The van der Waals surface area contributed by atoms with Crippen molar-refractivity contribution in [1.82, 2.24) is 9.88 Å². The Bertz CT molecular complexity index is 578. The Morgan fingerprint density at radius 2 is 2.00 bits per heavy atom. The summed E-state index contributed by atoms with van der Waals surface area (Å²) in [6, 6.07) is 1.55. The number of hydrogen-bond donors (Lipinski definition) is 0. The molecule has 0 radical (unpaired) electrons. The number of aromatic nitrogens is 1. The molecule has 7 heteroatoms. The van der Waals surface area contributed by atoms with E-state index in [4.69, 9.17) is 0 Å². The minimum absolute atomic E-state index is 0.0128. The molecule has 1 saturated heterocycles. The molecule has 7 nitrogen and oxygen atoms in total. The summed E-state index contributed by atoms with van der Waals surface area (Å²) in [4.78, 5) is 30.5. The van der Waals surface area contributed by atoms with Gasteiger partial charge in [-0.25, -0.2) is 4.98 Å². The van der Waals surface area contributed by atoms with Crippen molar-refractivity contribution in [3.8, 4) is 0 Å². The molecule has 1 aromatic rings. The quantitative estimate of drug-likeness (QED) is 0.620. The molecule has 2 aliphatic rings. The van der Waals surface area contributed by atoms with Crippen LogP contribution in [0.4, 0.5) is 11.5 Å². The first kappa shape index (κ1) is 13.8. The summed E-state index contributed by atoms with van der Waals surface area (Å²) in [5, 5.41) is 10.7. The SMILES string of the molecule is Cc1cc([N+](=O)[O-])cnc1N1CCN(C(=O)C2CC2)CC1. The molecule has 112 valence electrons. The van der Waals surface area contributed by atoms with Crippen molar-refractivity contribution >= 4 is 17.4 Å². The van der Waals surface area contributed by atoms with Crippen molar-refractivity contribution in [3.05, 3.63) is 27.9 Å². The number of hydrogen-bond acceptors (Lipinski definition) is 5. The minimum atomic E-state index is -0.435. The number of piperazine rings is 1. The van der Waals surface area contributed by atoms with E-state index >= 15 is 0 Å². The molecule has 0 atom stereocenters. The van der Waals surface area contributed by atoms with E-state index in [1.54, 1.807) is 6.07 Å². The maximum atomic E-state index is 12.0. The normalized spacial score (nSPS) is 18.7. The average molecular weight is 290 g/mol. The molecular formula is C14H18N4O3. The third-order valence-electron chi connectivity index (χ3n) is 4.06. The number of carbonyl (C=O) groups excluding carboxylic acids is 1. The number of rotatable bonds is 3. The van der Waals surface area contributed by atoms with Crippen LogP contribution in [0, 0.1) is 23.0 Å². The van der Waals surface area contributed by atoms with Gasteiger partial charge in [0.05, 0.1) is 4.92 Å². The van der Waals surface area contributed by atoms with Crippen molar-refractivity contribution in [2.75, 3.05) is 31.1 Å². The summed E-state index contributed by atoms with van der Waals surface area (Å²) in [6.07, 6.45) is 3.36. The summed E-state index contributed by atoms with van der Waals surface area (Å²) in [5.41, 5.74) is 0.810. The highest BCUT2D eigenvalue weighted by Crippen LogP contribution is 2.31. The lowest BCUT2D eigenvalue weighted by atomic mass is 10.2. The van der Waals surface area contributed by atoms with Gasteiger partial charge in [0.25, 0.3) is 5.69 Å². The van der Waals surface area contributed by atoms with Crippen LogP contribution in [0.3, 0.4) is 0 Å².